The Labute approximate surface area is 119 Å². The van der Waals surface area contributed by atoms with Crippen LogP contribution in [0.1, 0.15) is 0 Å². The van der Waals surface area contributed by atoms with Crippen molar-refractivity contribution in [3.05, 3.63) is 48.5 Å². The summed E-state index contributed by atoms with van der Waals surface area (Å²) in [6, 6.07) is 15.2. The van der Waals surface area contributed by atoms with Crippen molar-refractivity contribution in [1.82, 2.24) is 30.8 Å². The van der Waals surface area contributed by atoms with Gasteiger partial charge in [-0.15, -0.1) is 0 Å². The van der Waals surface area contributed by atoms with E-state index < -0.39 is 0 Å². The van der Waals surface area contributed by atoms with Gasteiger partial charge in [0.1, 0.15) is 0 Å². The first-order chi connectivity index (χ1) is 8.93. The molecule has 0 aliphatic rings. The first-order valence-electron chi connectivity index (χ1n) is 5.35. The summed E-state index contributed by atoms with van der Waals surface area (Å²) >= 11 is 0. The molecule has 4 rings (SSSR count). The average Bonchev–Trinajstić information content (AvgIpc) is 3.08. The monoisotopic (exact) mass is 299 g/mol. The van der Waals surface area contributed by atoms with E-state index in [1.54, 1.807) is 0 Å². The third-order valence-corrected chi connectivity index (χ3v) is 2.37. The Bertz CT molecular complexity index is 636. The molecule has 6 nitrogen and oxygen atoms in total. The molecule has 0 fully saturated rings. The van der Waals surface area contributed by atoms with Gasteiger partial charge >= 0.3 is 17.1 Å². The molecule has 7 heteroatoms. The van der Waals surface area contributed by atoms with Crippen LogP contribution in [0.15, 0.2) is 48.5 Å². The van der Waals surface area contributed by atoms with Gasteiger partial charge in [-0.1, -0.05) is 24.3 Å². The minimum Gasteiger partial charge on any atom is -0.492 e. The minimum atomic E-state index is 0. The summed E-state index contributed by atoms with van der Waals surface area (Å²) in [4.78, 5) is 0. The summed E-state index contributed by atoms with van der Waals surface area (Å²) < 4.78 is 0. The van der Waals surface area contributed by atoms with Gasteiger partial charge in [0.2, 0.25) is 0 Å². The number of aromatic nitrogens is 6. The molecule has 0 atom stereocenters. The molecule has 97 valence electrons. The van der Waals surface area contributed by atoms with Crippen LogP contribution in [-0.4, -0.2) is 20.4 Å². The van der Waals surface area contributed by atoms with Crippen molar-refractivity contribution < 1.29 is 17.1 Å². The van der Waals surface area contributed by atoms with E-state index in [4.69, 9.17) is 0 Å². The van der Waals surface area contributed by atoms with E-state index in [0.717, 1.165) is 22.1 Å². The van der Waals surface area contributed by atoms with Crippen LogP contribution in [0, 0.1) is 0 Å². The van der Waals surface area contributed by atoms with Gasteiger partial charge in [0.25, 0.3) is 0 Å². The number of nitrogens with zero attached hydrogens (tertiary/aromatic N) is 6. The zero-order chi connectivity index (χ0) is 12.2. The zero-order valence-corrected chi connectivity index (χ0v) is 10.5. The van der Waals surface area contributed by atoms with Crippen molar-refractivity contribution in [3.8, 4) is 0 Å². The van der Waals surface area contributed by atoms with Crippen molar-refractivity contribution in [2.24, 2.45) is 0 Å². The maximum absolute atomic E-state index is 3.76. The smallest absolute Gasteiger partial charge is 0.492 e. The Hall–Kier alpha value is -2.24. The Balaban J connectivity index is 0.000000133. The summed E-state index contributed by atoms with van der Waals surface area (Å²) in [5.41, 5.74) is 3.44. The Morgan fingerprint density at radius 2 is 0.789 bits per heavy atom. The Morgan fingerprint density at radius 3 is 1.05 bits per heavy atom. The third-order valence-electron chi connectivity index (χ3n) is 2.37. The molecular weight excluding hydrogens is 292 g/mol. The SMILES string of the molecule is [Cu+2].c1ccc2n[n-]nc2c1.c1ccc2n[n-]nc2c1. The molecule has 4 aromatic rings. The fraction of sp³-hybridized carbons (Fsp3) is 0. The van der Waals surface area contributed by atoms with E-state index in [1.165, 1.54) is 0 Å². The van der Waals surface area contributed by atoms with E-state index in [1.807, 2.05) is 48.5 Å². The van der Waals surface area contributed by atoms with Crippen LogP contribution in [-0.2, 0) is 17.1 Å². The molecule has 0 bridgehead atoms. The van der Waals surface area contributed by atoms with Crippen LogP contribution in [0.25, 0.3) is 22.1 Å². The predicted molar refractivity (Wildman–Crippen MR) is 65.7 cm³/mol. The average molecular weight is 300 g/mol. The number of rotatable bonds is 0. The largest absolute Gasteiger partial charge is 2.00 e. The second-order valence-corrected chi connectivity index (χ2v) is 3.56. The van der Waals surface area contributed by atoms with Crippen molar-refractivity contribution in [3.63, 3.8) is 0 Å². The maximum atomic E-state index is 3.76. The first-order valence-corrected chi connectivity index (χ1v) is 5.35. The summed E-state index contributed by atoms with van der Waals surface area (Å²) in [7, 11) is 0. The molecule has 0 spiro atoms. The van der Waals surface area contributed by atoms with Crippen molar-refractivity contribution in [1.29, 1.82) is 0 Å². The van der Waals surface area contributed by atoms with Crippen LogP contribution in [0.5, 0.6) is 0 Å². The topological polar surface area (TPSA) is 79.8 Å². The van der Waals surface area contributed by atoms with Gasteiger partial charge in [-0.05, 0) is 24.3 Å². The van der Waals surface area contributed by atoms with Gasteiger partial charge in [0.05, 0.1) is 22.1 Å². The van der Waals surface area contributed by atoms with Crippen LogP contribution < -0.4 is 10.4 Å². The van der Waals surface area contributed by atoms with Gasteiger partial charge in [0.15, 0.2) is 0 Å². The molecule has 0 saturated heterocycles. The first kappa shape index (κ1) is 13.2. The Kier molecular flexibility index (Phi) is 4.22. The predicted octanol–water partition coefficient (Wildman–Crippen LogP) is 1.17. The molecule has 0 saturated carbocycles. The van der Waals surface area contributed by atoms with Gasteiger partial charge in [-0.3, -0.25) is 0 Å². The van der Waals surface area contributed by atoms with Gasteiger partial charge < -0.3 is 30.8 Å². The molecule has 2 heterocycles. The summed E-state index contributed by atoms with van der Waals surface area (Å²) in [5, 5.41) is 22.0. The van der Waals surface area contributed by atoms with E-state index in [0.29, 0.717) is 0 Å². The van der Waals surface area contributed by atoms with Gasteiger partial charge in [-0.25, -0.2) is 0 Å². The second-order valence-electron chi connectivity index (χ2n) is 3.56. The standard InChI is InChI=1S/2C6H4N3.Cu/c2*1-2-4-6-5(3-1)7-9-8-6;/h2*1-4H;/q2*-1;+2. The molecule has 2 aromatic heterocycles. The van der Waals surface area contributed by atoms with E-state index >= 15 is 0 Å². The molecule has 19 heavy (non-hydrogen) atoms. The van der Waals surface area contributed by atoms with Gasteiger partial charge in [0, 0.05) is 0 Å². The maximum Gasteiger partial charge on any atom is 2.00 e. The van der Waals surface area contributed by atoms with Crippen molar-refractivity contribution >= 4 is 22.1 Å². The third kappa shape index (κ3) is 2.96. The summed E-state index contributed by atoms with van der Waals surface area (Å²) in [5.74, 6) is 0. The molecule has 0 amide bonds. The number of hydrogen-bond donors (Lipinski definition) is 0. The van der Waals surface area contributed by atoms with Crippen LogP contribution in [0.2, 0.25) is 0 Å². The zero-order valence-electron chi connectivity index (χ0n) is 9.60. The van der Waals surface area contributed by atoms with Gasteiger partial charge in [-0.2, -0.15) is 0 Å². The molecule has 0 aliphatic heterocycles. The summed E-state index contributed by atoms with van der Waals surface area (Å²) in [6.07, 6.45) is 0. The van der Waals surface area contributed by atoms with Crippen LogP contribution in [0.3, 0.4) is 0 Å². The molecular formula is C12H8CuN6. The quantitative estimate of drug-likeness (QED) is 0.454. The van der Waals surface area contributed by atoms with E-state index in [2.05, 4.69) is 30.8 Å². The van der Waals surface area contributed by atoms with E-state index in [-0.39, 0.29) is 17.1 Å². The number of hydrogen-bond acceptors (Lipinski definition) is 4. The molecule has 0 aliphatic carbocycles. The van der Waals surface area contributed by atoms with Crippen LogP contribution >= 0.6 is 0 Å². The van der Waals surface area contributed by atoms with Crippen LogP contribution in [0.4, 0.5) is 0 Å². The summed E-state index contributed by atoms with van der Waals surface area (Å²) in [6.45, 7) is 0. The molecule has 0 unspecified atom stereocenters. The van der Waals surface area contributed by atoms with E-state index in [9.17, 15) is 0 Å². The molecule has 0 N–H and O–H groups in total. The van der Waals surface area contributed by atoms with Crippen molar-refractivity contribution in [2.75, 3.05) is 0 Å². The molecule has 2 aromatic carbocycles. The minimum absolute atomic E-state index is 0. The van der Waals surface area contributed by atoms with Crippen molar-refractivity contribution in [2.45, 2.75) is 0 Å². The number of benzene rings is 2. The Morgan fingerprint density at radius 1 is 0.526 bits per heavy atom. The molecule has 1 radical (unpaired) electrons. The number of fused-ring (bicyclic) bond motifs is 2. The normalized spacial score (nSPS) is 9.68. The fourth-order valence-electron chi connectivity index (χ4n) is 1.50. The second kappa shape index (κ2) is 6.08. The fourth-order valence-corrected chi connectivity index (χ4v) is 1.50.